The van der Waals surface area contributed by atoms with Gasteiger partial charge in [-0.2, -0.15) is 9.61 Å². The van der Waals surface area contributed by atoms with E-state index in [2.05, 4.69) is 10.1 Å². The third-order valence-electron chi connectivity index (χ3n) is 7.72. The van der Waals surface area contributed by atoms with Gasteiger partial charge >= 0.3 is 6.03 Å². The summed E-state index contributed by atoms with van der Waals surface area (Å²) in [7, 11) is 0. The highest BCUT2D eigenvalue weighted by molar-refractivity contribution is 6.00. The van der Waals surface area contributed by atoms with Crippen molar-refractivity contribution < 1.29 is 18.4 Å². The Kier molecular flexibility index (Phi) is 5.59. The van der Waals surface area contributed by atoms with Gasteiger partial charge in [0.25, 0.3) is 0 Å². The molecule has 1 aromatic carbocycles. The number of nitrogens with zero attached hydrogens (tertiary/aromatic N) is 5. The number of benzene rings is 1. The van der Waals surface area contributed by atoms with E-state index < -0.39 is 17.7 Å². The summed E-state index contributed by atoms with van der Waals surface area (Å²) < 4.78 is 29.0. The molecule has 2 saturated heterocycles. The number of primary amides is 1. The molecule has 2 atom stereocenters. The normalized spacial score (nSPS) is 20.7. The Morgan fingerprint density at radius 1 is 1.03 bits per heavy atom. The smallest absolute Gasteiger partial charge is 0.315 e. The fourth-order valence-corrected chi connectivity index (χ4v) is 6.06. The van der Waals surface area contributed by atoms with Crippen LogP contribution in [0.2, 0.25) is 0 Å². The van der Waals surface area contributed by atoms with Crippen molar-refractivity contribution in [3.63, 3.8) is 0 Å². The topological polar surface area (TPSA) is 132 Å². The van der Waals surface area contributed by atoms with Gasteiger partial charge in [-0.05, 0) is 50.8 Å². The van der Waals surface area contributed by atoms with Crippen LogP contribution in [-0.2, 0) is 0 Å². The zero-order valence-corrected chi connectivity index (χ0v) is 20.6. The Hall–Kier alpha value is -4.41. The van der Waals surface area contributed by atoms with Gasteiger partial charge in [-0.15, -0.1) is 0 Å². The third kappa shape index (κ3) is 3.77. The minimum absolute atomic E-state index is 0.00305. The van der Waals surface area contributed by atoms with E-state index in [0.717, 1.165) is 18.9 Å². The first-order chi connectivity index (χ1) is 18.2. The molecule has 2 aliphatic heterocycles. The van der Waals surface area contributed by atoms with Crippen molar-refractivity contribution in [1.29, 1.82) is 0 Å². The number of rotatable bonds is 4. The zero-order chi connectivity index (χ0) is 26.7. The van der Waals surface area contributed by atoms with Gasteiger partial charge in [-0.3, -0.25) is 9.78 Å². The van der Waals surface area contributed by atoms with Crippen molar-refractivity contribution in [2.75, 3.05) is 5.73 Å². The summed E-state index contributed by atoms with van der Waals surface area (Å²) in [5, 5.41) is 4.38. The number of amides is 2. The number of fused-ring (bicyclic) bond motifs is 3. The summed E-state index contributed by atoms with van der Waals surface area (Å²) in [6.07, 6.45) is 6.18. The average molecular weight is 518 g/mol. The van der Waals surface area contributed by atoms with Crippen LogP contribution in [0.25, 0.3) is 28.0 Å². The molecule has 9 nitrogen and oxygen atoms in total. The van der Waals surface area contributed by atoms with Crippen LogP contribution in [0.1, 0.15) is 54.6 Å². The van der Waals surface area contributed by atoms with Gasteiger partial charge in [0, 0.05) is 47.0 Å². The first-order valence-electron chi connectivity index (χ1n) is 12.4. The Morgan fingerprint density at radius 3 is 2.37 bits per heavy atom. The van der Waals surface area contributed by atoms with Crippen molar-refractivity contribution in [3.05, 3.63) is 65.6 Å². The highest BCUT2D eigenvalue weighted by Gasteiger charge is 2.44. The largest absolute Gasteiger partial charge is 0.383 e. The van der Waals surface area contributed by atoms with E-state index in [1.807, 2.05) is 0 Å². The van der Waals surface area contributed by atoms with E-state index in [0.29, 0.717) is 46.6 Å². The van der Waals surface area contributed by atoms with Crippen molar-refractivity contribution in [3.8, 4) is 22.4 Å². The highest BCUT2D eigenvalue weighted by Crippen LogP contribution is 2.44. The molecule has 2 amide bonds. The second-order valence-corrected chi connectivity index (χ2v) is 9.96. The molecule has 3 aromatic heterocycles. The summed E-state index contributed by atoms with van der Waals surface area (Å²) >= 11 is 0. The van der Waals surface area contributed by atoms with Crippen LogP contribution in [-0.4, -0.2) is 48.4 Å². The van der Waals surface area contributed by atoms with Crippen molar-refractivity contribution in [1.82, 2.24) is 24.5 Å². The minimum Gasteiger partial charge on any atom is -0.383 e. The van der Waals surface area contributed by atoms with E-state index >= 15 is 0 Å². The number of ketones is 1. The molecule has 4 aromatic rings. The molecule has 38 heavy (non-hydrogen) atoms. The van der Waals surface area contributed by atoms with Crippen LogP contribution in [0.4, 0.5) is 19.4 Å². The lowest BCUT2D eigenvalue weighted by Gasteiger charge is -2.38. The van der Waals surface area contributed by atoms with Gasteiger partial charge in [-0.1, -0.05) is 6.07 Å². The Labute approximate surface area is 216 Å². The van der Waals surface area contributed by atoms with Crippen molar-refractivity contribution >= 4 is 23.3 Å². The molecule has 194 valence electrons. The van der Waals surface area contributed by atoms with E-state index in [4.69, 9.17) is 16.5 Å². The lowest BCUT2D eigenvalue weighted by molar-refractivity contribution is 0.101. The molecule has 11 heteroatoms. The molecule has 2 aliphatic rings. The first-order valence-corrected chi connectivity index (χ1v) is 12.4. The SMILES string of the molecule is CC(=O)c1c(C2CC3CCC(C2)N3C(N)=O)nc2c(-c3ccc(-c4ccc(F)cc4F)nc3)cnn2c1N. The van der Waals surface area contributed by atoms with E-state index in [1.54, 1.807) is 29.4 Å². The lowest BCUT2D eigenvalue weighted by atomic mass is 9.85. The maximum atomic E-state index is 14.2. The summed E-state index contributed by atoms with van der Waals surface area (Å²) in [5.74, 6) is -1.44. The number of anilines is 1. The lowest BCUT2D eigenvalue weighted by Crippen LogP contribution is -2.48. The number of aromatic nitrogens is 4. The van der Waals surface area contributed by atoms with Gasteiger partial charge < -0.3 is 16.4 Å². The molecule has 2 fully saturated rings. The van der Waals surface area contributed by atoms with E-state index in [1.165, 1.54) is 23.6 Å². The van der Waals surface area contributed by atoms with Crippen LogP contribution < -0.4 is 11.5 Å². The Bertz CT molecular complexity index is 1590. The molecule has 0 spiro atoms. The number of hydrogen-bond acceptors (Lipinski definition) is 6. The number of carbonyl (C=O) groups is 2. The van der Waals surface area contributed by atoms with Gasteiger partial charge in [0.2, 0.25) is 0 Å². The van der Waals surface area contributed by atoms with Crippen molar-refractivity contribution in [2.24, 2.45) is 5.73 Å². The fraction of sp³-hybridized carbons (Fsp3) is 0.296. The average Bonchev–Trinajstić information content (AvgIpc) is 3.42. The maximum absolute atomic E-state index is 14.2. The second-order valence-electron chi connectivity index (χ2n) is 9.96. The number of hydrogen-bond donors (Lipinski definition) is 2. The van der Waals surface area contributed by atoms with Crippen LogP contribution in [0.15, 0.2) is 42.7 Å². The number of carbonyl (C=O) groups excluding carboxylic acids is 2. The number of urea groups is 1. The monoisotopic (exact) mass is 517 g/mol. The van der Waals surface area contributed by atoms with Gasteiger partial charge in [0.15, 0.2) is 11.4 Å². The van der Waals surface area contributed by atoms with E-state index in [9.17, 15) is 18.4 Å². The van der Waals surface area contributed by atoms with E-state index in [-0.39, 0.29) is 35.2 Å². The second kappa shape index (κ2) is 8.86. The van der Waals surface area contributed by atoms with Gasteiger partial charge in [0.1, 0.15) is 17.5 Å². The number of nitrogens with two attached hydrogens (primary N) is 2. The van der Waals surface area contributed by atoms with Gasteiger partial charge in [-0.25, -0.2) is 18.6 Å². The minimum atomic E-state index is -0.701. The standard InChI is InChI=1S/C27H25F2N7O2/c1-13(37)23-24(15-8-17-4-5-18(9-15)35(17)27(31)38)34-26-20(12-33-36(26)25(23)30)14-2-7-22(32-11-14)19-6-3-16(28)10-21(19)29/h2-3,6-7,10-12,15,17-18H,4-5,8-9,30H2,1H3,(H2,31,38). The number of Topliss-reactive ketones (excluding diaryl/α,β-unsaturated/α-hetero) is 1. The molecule has 0 aliphatic carbocycles. The predicted octanol–water partition coefficient (Wildman–Crippen LogP) is 4.31. The van der Waals surface area contributed by atoms with Crippen LogP contribution in [0.5, 0.6) is 0 Å². The molecule has 5 heterocycles. The molecule has 4 N–H and O–H groups in total. The highest BCUT2D eigenvalue weighted by atomic mass is 19.1. The zero-order valence-electron chi connectivity index (χ0n) is 20.6. The number of halogens is 2. The molecular formula is C27H25F2N7O2. The van der Waals surface area contributed by atoms with Crippen LogP contribution in [0, 0.1) is 11.6 Å². The van der Waals surface area contributed by atoms with Crippen LogP contribution >= 0.6 is 0 Å². The molecule has 0 saturated carbocycles. The fourth-order valence-electron chi connectivity index (χ4n) is 6.06. The summed E-state index contributed by atoms with van der Waals surface area (Å²) in [4.78, 5) is 35.7. The summed E-state index contributed by atoms with van der Waals surface area (Å²) in [5.41, 5.74) is 15.4. The Balaban J connectivity index is 1.41. The Morgan fingerprint density at radius 2 is 1.76 bits per heavy atom. The number of pyridine rings is 1. The van der Waals surface area contributed by atoms with Crippen LogP contribution in [0.3, 0.4) is 0 Å². The molecule has 2 unspecified atom stereocenters. The summed E-state index contributed by atoms with van der Waals surface area (Å²) in [6, 6.07) is 6.32. The number of piperidine rings is 1. The maximum Gasteiger partial charge on any atom is 0.315 e. The predicted molar refractivity (Wildman–Crippen MR) is 136 cm³/mol. The molecule has 6 rings (SSSR count). The first kappa shape index (κ1) is 24.0. The summed E-state index contributed by atoms with van der Waals surface area (Å²) in [6.45, 7) is 1.46. The molecule has 2 bridgehead atoms. The third-order valence-corrected chi connectivity index (χ3v) is 7.72. The molecular weight excluding hydrogens is 492 g/mol. The number of nitrogen functional groups attached to an aromatic ring is 1. The van der Waals surface area contributed by atoms with Gasteiger partial charge in [0.05, 0.1) is 23.1 Å². The molecule has 0 radical (unpaired) electrons. The van der Waals surface area contributed by atoms with Crippen molar-refractivity contribution in [2.45, 2.75) is 50.6 Å². The quantitative estimate of drug-likeness (QED) is 0.388.